The van der Waals surface area contributed by atoms with E-state index < -0.39 is 0 Å². The monoisotopic (exact) mass is 388 g/mol. The van der Waals surface area contributed by atoms with Crippen LogP contribution in [0.1, 0.15) is 10.4 Å². The first-order chi connectivity index (χ1) is 11.5. The number of benzene rings is 1. The topological polar surface area (TPSA) is 60.8 Å². The number of hydrogen-bond donors (Lipinski definition) is 1. The van der Waals surface area contributed by atoms with E-state index in [1.807, 2.05) is 27.5 Å². The maximum atomic E-state index is 12.7. The molecule has 0 radical (unpaired) electrons. The lowest BCUT2D eigenvalue weighted by molar-refractivity contribution is 0.0664. The Morgan fingerprint density at radius 3 is 2.54 bits per heavy atom. The number of amides is 1. The molecule has 1 N–H and O–H groups in total. The van der Waals surface area contributed by atoms with Crippen LogP contribution in [0.3, 0.4) is 0 Å². The molecule has 0 atom stereocenters. The first-order valence-corrected chi connectivity index (χ1v) is 8.65. The second-order valence-corrected chi connectivity index (χ2v) is 6.97. The Morgan fingerprint density at radius 2 is 1.79 bits per heavy atom. The maximum Gasteiger partial charge on any atom is 0.272 e. The van der Waals surface area contributed by atoms with Crippen LogP contribution < -0.4 is 5.56 Å². The van der Waals surface area contributed by atoms with Crippen LogP contribution >= 0.6 is 15.9 Å². The SMILES string of the molecule is CN1CCN(C(=O)c2ccc3c(c2)[nH]c(=O)c2ccc(Br)n23)CC1. The van der Waals surface area contributed by atoms with Crippen LogP contribution in [0.5, 0.6) is 0 Å². The van der Waals surface area contributed by atoms with Crippen molar-refractivity contribution in [2.75, 3.05) is 33.2 Å². The summed E-state index contributed by atoms with van der Waals surface area (Å²) in [5.74, 6) is 0.0116. The number of aromatic nitrogens is 2. The summed E-state index contributed by atoms with van der Waals surface area (Å²) >= 11 is 3.47. The van der Waals surface area contributed by atoms with Gasteiger partial charge in [-0.05, 0) is 53.3 Å². The summed E-state index contributed by atoms with van der Waals surface area (Å²) < 4.78 is 2.66. The molecule has 2 aromatic heterocycles. The second-order valence-electron chi connectivity index (χ2n) is 6.16. The zero-order valence-electron chi connectivity index (χ0n) is 13.3. The van der Waals surface area contributed by atoms with E-state index >= 15 is 0 Å². The van der Waals surface area contributed by atoms with E-state index in [1.54, 1.807) is 12.1 Å². The molecule has 1 saturated heterocycles. The van der Waals surface area contributed by atoms with Crippen molar-refractivity contribution in [3.63, 3.8) is 0 Å². The largest absolute Gasteiger partial charge is 0.336 e. The van der Waals surface area contributed by atoms with Crippen LogP contribution in [0.2, 0.25) is 0 Å². The van der Waals surface area contributed by atoms with E-state index in [-0.39, 0.29) is 11.5 Å². The van der Waals surface area contributed by atoms with Crippen molar-refractivity contribution in [2.24, 2.45) is 0 Å². The average molecular weight is 389 g/mol. The number of carbonyl (C=O) groups is 1. The summed E-state index contributed by atoms with van der Waals surface area (Å²) in [4.78, 5) is 31.9. The molecular formula is C17H17BrN4O2. The predicted octanol–water partition coefficient (Wildman–Crippen LogP) is 1.93. The van der Waals surface area contributed by atoms with Gasteiger partial charge in [-0.25, -0.2) is 0 Å². The molecule has 0 unspecified atom stereocenters. The van der Waals surface area contributed by atoms with Crippen molar-refractivity contribution < 1.29 is 4.79 Å². The summed E-state index contributed by atoms with van der Waals surface area (Å²) in [6, 6.07) is 9.09. The molecule has 4 rings (SSSR count). The quantitative estimate of drug-likeness (QED) is 0.692. The molecule has 1 aromatic carbocycles. The van der Waals surface area contributed by atoms with Gasteiger partial charge in [-0.15, -0.1) is 0 Å². The molecule has 7 heteroatoms. The molecule has 0 bridgehead atoms. The Bertz CT molecular complexity index is 999. The number of fused-ring (bicyclic) bond motifs is 3. The maximum absolute atomic E-state index is 12.7. The molecular weight excluding hydrogens is 372 g/mol. The molecule has 0 aliphatic carbocycles. The van der Waals surface area contributed by atoms with Gasteiger partial charge in [0.25, 0.3) is 11.5 Å². The Hall–Kier alpha value is -2.12. The fourth-order valence-electron chi connectivity index (χ4n) is 3.18. The Balaban J connectivity index is 1.78. The number of H-pyrrole nitrogens is 1. The zero-order valence-corrected chi connectivity index (χ0v) is 14.8. The third kappa shape index (κ3) is 2.44. The number of piperazine rings is 1. The fraction of sp³-hybridized carbons (Fsp3) is 0.294. The van der Waals surface area contributed by atoms with Crippen LogP contribution in [0.25, 0.3) is 16.6 Å². The van der Waals surface area contributed by atoms with Crippen LogP contribution in [-0.4, -0.2) is 58.3 Å². The Labute approximate surface area is 146 Å². The van der Waals surface area contributed by atoms with Crippen molar-refractivity contribution >= 4 is 38.4 Å². The molecule has 3 heterocycles. The van der Waals surface area contributed by atoms with E-state index in [0.29, 0.717) is 16.6 Å². The molecule has 6 nitrogen and oxygen atoms in total. The van der Waals surface area contributed by atoms with Crippen LogP contribution in [-0.2, 0) is 0 Å². The van der Waals surface area contributed by atoms with E-state index in [9.17, 15) is 9.59 Å². The van der Waals surface area contributed by atoms with Crippen LogP contribution in [0, 0.1) is 0 Å². The number of rotatable bonds is 1. The highest BCUT2D eigenvalue weighted by molar-refractivity contribution is 9.10. The molecule has 3 aromatic rings. The zero-order chi connectivity index (χ0) is 16.8. The van der Waals surface area contributed by atoms with Gasteiger partial charge >= 0.3 is 0 Å². The molecule has 1 aliphatic heterocycles. The van der Waals surface area contributed by atoms with Gasteiger partial charge in [-0.3, -0.25) is 14.0 Å². The standard InChI is InChI=1S/C17H17BrN4O2/c1-20-6-8-21(9-7-20)17(24)11-2-3-13-12(10-11)19-16(23)14-4-5-15(18)22(13)14/h2-5,10H,6-9H2,1H3,(H,19,23). The summed E-state index contributed by atoms with van der Waals surface area (Å²) in [6.07, 6.45) is 0. The van der Waals surface area contributed by atoms with Gasteiger partial charge < -0.3 is 14.8 Å². The van der Waals surface area contributed by atoms with E-state index in [4.69, 9.17) is 0 Å². The minimum atomic E-state index is -0.169. The van der Waals surface area contributed by atoms with Gasteiger partial charge in [0.1, 0.15) is 5.52 Å². The number of hydrogen-bond acceptors (Lipinski definition) is 3. The number of nitrogens with zero attached hydrogens (tertiary/aromatic N) is 3. The summed E-state index contributed by atoms with van der Waals surface area (Å²) in [7, 11) is 2.06. The molecule has 1 aliphatic rings. The number of aromatic amines is 1. The van der Waals surface area contributed by atoms with Crippen molar-refractivity contribution in [1.29, 1.82) is 0 Å². The van der Waals surface area contributed by atoms with E-state index in [0.717, 1.165) is 36.3 Å². The number of halogens is 1. The molecule has 24 heavy (non-hydrogen) atoms. The highest BCUT2D eigenvalue weighted by atomic mass is 79.9. The van der Waals surface area contributed by atoms with Gasteiger partial charge in [0.05, 0.1) is 15.6 Å². The third-order valence-corrected chi connectivity index (χ3v) is 5.21. The summed E-state index contributed by atoms with van der Waals surface area (Å²) in [6.45, 7) is 3.22. The average Bonchev–Trinajstić information content (AvgIpc) is 2.97. The highest BCUT2D eigenvalue weighted by Gasteiger charge is 2.21. The number of nitrogens with one attached hydrogen (secondary N) is 1. The van der Waals surface area contributed by atoms with Crippen molar-refractivity contribution in [2.45, 2.75) is 0 Å². The predicted molar refractivity (Wildman–Crippen MR) is 96.6 cm³/mol. The molecule has 0 saturated carbocycles. The number of carbonyl (C=O) groups excluding carboxylic acids is 1. The first kappa shape index (κ1) is 15.4. The molecule has 1 fully saturated rings. The van der Waals surface area contributed by atoms with E-state index in [1.165, 1.54) is 0 Å². The normalized spacial score (nSPS) is 16.2. The van der Waals surface area contributed by atoms with E-state index in [2.05, 4.69) is 32.9 Å². The second kappa shape index (κ2) is 5.75. The van der Waals surface area contributed by atoms with Gasteiger partial charge in [0, 0.05) is 31.7 Å². The lowest BCUT2D eigenvalue weighted by Crippen LogP contribution is -2.47. The summed E-state index contributed by atoms with van der Waals surface area (Å²) in [5, 5.41) is 0. The molecule has 1 amide bonds. The van der Waals surface area contributed by atoms with Crippen LogP contribution in [0.15, 0.2) is 39.7 Å². The van der Waals surface area contributed by atoms with Crippen LogP contribution in [0.4, 0.5) is 0 Å². The van der Waals surface area contributed by atoms with Crippen molar-refractivity contribution in [3.05, 3.63) is 50.9 Å². The van der Waals surface area contributed by atoms with Gasteiger partial charge in [0.2, 0.25) is 0 Å². The minimum Gasteiger partial charge on any atom is -0.336 e. The Kier molecular flexibility index (Phi) is 3.69. The van der Waals surface area contributed by atoms with Crippen molar-refractivity contribution in [3.8, 4) is 0 Å². The van der Waals surface area contributed by atoms with Gasteiger partial charge in [-0.1, -0.05) is 0 Å². The smallest absolute Gasteiger partial charge is 0.272 e. The van der Waals surface area contributed by atoms with Gasteiger partial charge in [0.15, 0.2) is 0 Å². The van der Waals surface area contributed by atoms with Crippen molar-refractivity contribution in [1.82, 2.24) is 19.2 Å². The lowest BCUT2D eigenvalue weighted by Gasteiger charge is -2.32. The fourth-order valence-corrected chi connectivity index (χ4v) is 3.69. The van der Waals surface area contributed by atoms with Gasteiger partial charge in [-0.2, -0.15) is 0 Å². The summed E-state index contributed by atoms with van der Waals surface area (Å²) in [5.41, 5.74) is 2.52. The Morgan fingerprint density at radius 1 is 1.08 bits per heavy atom. The first-order valence-electron chi connectivity index (χ1n) is 7.85. The lowest BCUT2D eigenvalue weighted by atomic mass is 10.1. The highest BCUT2D eigenvalue weighted by Crippen LogP contribution is 2.21. The molecule has 0 spiro atoms. The molecule has 124 valence electrons. The number of likely N-dealkylation sites (N-methyl/N-ethyl adjacent to an activating group) is 1. The minimum absolute atomic E-state index is 0.0116. The third-order valence-electron chi connectivity index (χ3n) is 4.59.